The highest BCUT2D eigenvalue weighted by atomic mass is 16.2. The van der Waals surface area contributed by atoms with Gasteiger partial charge >= 0.3 is 0 Å². The summed E-state index contributed by atoms with van der Waals surface area (Å²) in [5, 5.41) is 0. The zero-order valence-electron chi connectivity index (χ0n) is 17.6. The van der Waals surface area contributed by atoms with Crippen LogP contribution in [0, 0.1) is 0 Å². The van der Waals surface area contributed by atoms with Gasteiger partial charge in [-0.2, -0.15) is 0 Å². The molecule has 2 atom stereocenters. The third kappa shape index (κ3) is 3.32. The van der Waals surface area contributed by atoms with Gasteiger partial charge in [0.1, 0.15) is 5.56 Å². The molecule has 1 spiro atoms. The van der Waals surface area contributed by atoms with E-state index in [9.17, 15) is 14.4 Å². The fourth-order valence-electron chi connectivity index (χ4n) is 5.29. The summed E-state index contributed by atoms with van der Waals surface area (Å²) in [4.78, 5) is 46.8. The first-order valence-electron chi connectivity index (χ1n) is 10.6. The maximum absolute atomic E-state index is 13.4. The molecule has 158 valence electrons. The molecule has 2 saturated heterocycles. The highest BCUT2D eigenvalue weighted by Crippen LogP contribution is 2.44. The van der Waals surface area contributed by atoms with Crippen molar-refractivity contribution in [1.82, 2.24) is 19.4 Å². The van der Waals surface area contributed by atoms with E-state index < -0.39 is 0 Å². The van der Waals surface area contributed by atoms with Crippen molar-refractivity contribution >= 4 is 11.8 Å². The molecule has 0 aliphatic carbocycles. The van der Waals surface area contributed by atoms with Crippen LogP contribution in [0.15, 0.2) is 47.7 Å². The smallest absolute Gasteiger partial charge is 0.263 e. The third-order valence-electron chi connectivity index (χ3n) is 6.71. The van der Waals surface area contributed by atoms with Gasteiger partial charge < -0.3 is 14.4 Å². The predicted octanol–water partition coefficient (Wildman–Crippen LogP) is 2.36. The number of rotatable bonds is 4. The van der Waals surface area contributed by atoms with E-state index in [-0.39, 0.29) is 34.5 Å². The highest BCUT2D eigenvalue weighted by Gasteiger charge is 2.54. The van der Waals surface area contributed by atoms with Crippen molar-refractivity contribution < 1.29 is 9.59 Å². The molecule has 2 aromatic heterocycles. The van der Waals surface area contributed by atoms with Crippen LogP contribution in [-0.4, -0.2) is 49.3 Å². The predicted molar refractivity (Wildman–Crippen MR) is 113 cm³/mol. The molecule has 7 nitrogen and oxygen atoms in total. The second-order valence-corrected chi connectivity index (χ2v) is 8.30. The molecule has 30 heavy (non-hydrogen) atoms. The van der Waals surface area contributed by atoms with E-state index in [1.807, 2.05) is 21.9 Å². The number of piperidine rings is 1. The zero-order valence-corrected chi connectivity index (χ0v) is 17.6. The lowest BCUT2D eigenvalue weighted by Gasteiger charge is -2.52. The third-order valence-corrected chi connectivity index (χ3v) is 6.71. The molecule has 2 aliphatic rings. The number of hydrogen-bond donors (Lipinski definition) is 0. The van der Waals surface area contributed by atoms with Crippen molar-refractivity contribution in [3.8, 4) is 0 Å². The normalized spacial score (nSPS) is 23.9. The molecule has 0 saturated carbocycles. The van der Waals surface area contributed by atoms with Crippen LogP contribution in [0.3, 0.4) is 0 Å². The minimum atomic E-state index is -0.386. The van der Waals surface area contributed by atoms with Crippen LogP contribution >= 0.6 is 0 Å². The molecule has 4 rings (SSSR count). The summed E-state index contributed by atoms with van der Waals surface area (Å²) in [6, 6.07) is 7.08. The Morgan fingerprint density at radius 1 is 1.20 bits per heavy atom. The van der Waals surface area contributed by atoms with Gasteiger partial charge in [0.15, 0.2) is 0 Å². The molecule has 2 aromatic rings. The Morgan fingerprint density at radius 2 is 1.97 bits per heavy atom. The zero-order chi connectivity index (χ0) is 21.3. The van der Waals surface area contributed by atoms with Crippen molar-refractivity contribution in [3.05, 3.63) is 64.3 Å². The molecular formula is C23H28N4O3. The van der Waals surface area contributed by atoms with Crippen LogP contribution in [0.2, 0.25) is 0 Å². The van der Waals surface area contributed by atoms with E-state index in [0.717, 1.165) is 31.2 Å². The van der Waals surface area contributed by atoms with Gasteiger partial charge in [0.25, 0.3) is 11.5 Å². The van der Waals surface area contributed by atoms with Crippen LogP contribution < -0.4 is 5.56 Å². The minimum absolute atomic E-state index is 0.114. The largest absolute Gasteiger partial charge is 0.333 e. The SMILES string of the molecule is CC[C@@H]1N(C(=O)c2cccn(C)c2=O)CCC[C@]12CCC(=O)N2Cc1ccncc1. The van der Waals surface area contributed by atoms with Gasteiger partial charge in [0.05, 0.1) is 11.6 Å². The Labute approximate surface area is 176 Å². The van der Waals surface area contributed by atoms with Gasteiger partial charge in [-0.1, -0.05) is 6.92 Å². The molecule has 0 N–H and O–H groups in total. The molecule has 4 heterocycles. The van der Waals surface area contributed by atoms with Crippen LogP contribution in [0.5, 0.6) is 0 Å². The van der Waals surface area contributed by atoms with E-state index in [1.165, 1.54) is 4.57 Å². The Kier molecular flexibility index (Phi) is 5.45. The lowest BCUT2D eigenvalue weighted by atomic mass is 9.77. The number of carbonyl (C=O) groups excluding carboxylic acids is 2. The number of aryl methyl sites for hydroxylation is 1. The number of likely N-dealkylation sites (tertiary alicyclic amines) is 2. The van der Waals surface area contributed by atoms with Gasteiger partial charge in [-0.25, -0.2) is 0 Å². The van der Waals surface area contributed by atoms with E-state index >= 15 is 0 Å². The highest BCUT2D eigenvalue weighted by molar-refractivity contribution is 5.94. The van der Waals surface area contributed by atoms with Gasteiger partial charge in [0.2, 0.25) is 5.91 Å². The first-order chi connectivity index (χ1) is 14.5. The van der Waals surface area contributed by atoms with Crippen molar-refractivity contribution in [2.75, 3.05) is 6.54 Å². The fourth-order valence-corrected chi connectivity index (χ4v) is 5.29. The van der Waals surface area contributed by atoms with Gasteiger partial charge in [-0.05, 0) is 55.5 Å². The molecule has 7 heteroatoms. The van der Waals surface area contributed by atoms with E-state index in [4.69, 9.17) is 0 Å². The lowest BCUT2D eigenvalue weighted by Crippen LogP contribution is -2.64. The second kappa shape index (κ2) is 8.05. The number of pyridine rings is 2. The summed E-state index contributed by atoms with van der Waals surface area (Å²) in [5.74, 6) is -0.0967. The Morgan fingerprint density at radius 3 is 2.70 bits per heavy atom. The lowest BCUT2D eigenvalue weighted by molar-refractivity contribution is -0.135. The number of hydrogen-bond acceptors (Lipinski definition) is 4. The molecule has 0 aromatic carbocycles. The Bertz CT molecular complexity index is 1000. The quantitative estimate of drug-likeness (QED) is 0.778. The van der Waals surface area contributed by atoms with Gasteiger partial charge in [-0.15, -0.1) is 0 Å². The van der Waals surface area contributed by atoms with Crippen molar-refractivity contribution in [3.63, 3.8) is 0 Å². The number of amides is 2. The van der Waals surface area contributed by atoms with Crippen molar-refractivity contribution in [2.45, 2.75) is 57.2 Å². The number of carbonyl (C=O) groups is 2. The molecule has 0 unspecified atom stereocenters. The summed E-state index contributed by atoms with van der Waals surface area (Å²) in [6.45, 7) is 3.19. The van der Waals surface area contributed by atoms with Crippen molar-refractivity contribution in [2.24, 2.45) is 7.05 Å². The molecule has 2 amide bonds. The van der Waals surface area contributed by atoms with Crippen LogP contribution in [0.4, 0.5) is 0 Å². The van der Waals surface area contributed by atoms with Crippen LogP contribution in [0.1, 0.15) is 54.9 Å². The monoisotopic (exact) mass is 408 g/mol. The molecule has 0 bridgehead atoms. The Balaban J connectivity index is 1.69. The maximum atomic E-state index is 13.4. The summed E-state index contributed by atoms with van der Waals surface area (Å²) >= 11 is 0. The second-order valence-electron chi connectivity index (χ2n) is 8.30. The molecular weight excluding hydrogens is 380 g/mol. The average Bonchev–Trinajstić information content (AvgIpc) is 3.06. The first kappa shape index (κ1) is 20.3. The summed E-state index contributed by atoms with van der Waals surface area (Å²) in [5.41, 5.74) is 0.562. The van der Waals surface area contributed by atoms with Crippen LogP contribution in [-0.2, 0) is 18.4 Å². The summed E-state index contributed by atoms with van der Waals surface area (Å²) < 4.78 is 1.43. The van der Waals surface area contributed by atoms with Gasteiger partial charge in [0, 0.05) is 45.1 Å². The number of nitrogens with zero attached hydrogens (tertiary/aromatic N) is 4. The van der Waals surface area contributed by atoms with Crippen LogP contribution in [0.25, 0.3) is 0 Å². The first-order valence-corrected chi connectivity index (χ1v) is 10.6. The van der Waals surface area contributed by atoms with Gasteiger partial charge in [-0.3, -0.25) is 19.4 Å². The standard InChI is InChI=1S/C23H28N4O3/c1-3-19-23(11-7-20(28)27(23)16-17-8-12-24-13-9-17)10-5-15-26(19)22(30)18-6-4-14-25(2)21(18)29/h4,6,8-9,12-14,19H,3,5,7,10-11,15-16H2,1-2H3/t19-,23-/m0/s1. The average molecular weight is 409 g/mol. The Hall–Kier alpha value is -2.96. The maximum Gasteiger partial charge on any atom is 0.263 e. The molecule has 2 fully saturated rings. The van der Waals surface area contributed by atoms with E-state index in [0.29, 0.717) is 19.5 Å². The molecule has 2 aliphatic heterocycles. The minimum Gasteiger partial charge on any atom is -0.333 e. The van der Waals surface area contributed by atoms with E-state index in [2.05, 4.69) is 11.9 Å². The number of aromatic nitrogens is 2. The summed E-state index contributed by atoms with van der Waals surface area (Å²) in [7, 11) is 1.65. The van der Waals surface area contributed by atoms with Crippen molar-refractivity contribution in [1.29, 1.82) is 0 Å². The van der Waals surface area contributed by atoms with E-state index in [1.54, 1.807) is 37.8 Å². The fraction of sp³-hybridized carbons (Fsp3) is 0.478. The summed E-state index contributed by atoms with van der Waals surface area (Å²) in [6.07, 6.45) is 8.79. The topological polar surface area (TPSA) is 75.5 Å². The molecule has 0 radical (unpaired) electrons.